The first-order chi connectivity index (χ1) is 29.5. The van der Waals surface area contributed by atoms with Gasteiger partial charge in [-0.2, -0.15) is 0 Å². The highest BCUT2D eigenvalue weighted by Gasteiger charge is 2.51. The highest BCUT2D eigenvalue weighted by molar-refractivity contribution is 6.06. The Balaban J connectivity index is 1.05. The lowest BCUT2D eigenvalue weighted by molar-refractivity contribution is 0.660. The molecule has 0 N–H and O–H groups in total. The van der Waals surface area contributed by atoms with Crippen LogP contribution in [0, 0.1) is 0 Å². The molecule has 3 aliphatic rings. The summed E-state index contributed by atoms with van der Waals surface area (Å²) in [6.45, 7) is 4.74. The number of hydrogen-bond acceptors (Lipinski definition) is 2. The van der Waals surface area contributed by atoms with Crippen LogP contribution >= 0.6 is 0 Å². The van der Waals surface area contributed by atoms with Crippen molar-refractivity contribution in [2.75, 3.05) is 4.90 Å². The summed E-state index contributed by atoms with van der Waals surface area (Å²) >= 11 is 0. The van der Waals surface area contributed by atoms with Crippen LogP contribution in [0.3, 0.4) is 0 Å². The minimum absolute atomic E-state index is 0.140. The summed E-state index contributed by atoms with van der Waals surface area (Å²) in [4.78, 5) is 2.48. The highest BCUT2D eigenvalue weighted by atomic mass is 16.3. The predicted molar refractivity (Wildman–Crippen MR) is 248 cm³/mol. The summed E-state index contributed by atoms with van der Waals surface area (Å²) in [5.74, 6) is 0. The zero-order valence-electron chi connectivity index (χ0n) is 33.4. The van der Waals surface area contributed by atoms with Crippen molar-refractivity contribution in [1.82, 2.24) is 0 Å². The van der Waals surface area contributed by atoms with Crippen molar-refractivity contribution in [2.45, 2.75) is 24.7 Å². The Morgan fingerprint density at radius 3 is 1.48 bits per heavy atom. The van der Waals surface area contributed by atoms with Gasteiger partial charge >= 0.3 is 0 Å². The molecule has 0 unspecified atom stereocenters. The maximum absolute atomic E-state index is 6.23. The van der Waals surface area contributed by atoms with Crippen molar-refractivity contribution in [3.63, 3.8) is 0 Å². The van der Waals surface area contributed by atoms with Gasteiger partial charge in [0.25, 0.3) is 0 Å². The van der Waals surface area contributed by atoms with Gasteiger partial charge in [-0.3, -0.25) is 0 Å². The molecule has 9 aromatic carbocycles. The molecule has 13 rings (SSSR count). The fourth-order valence-electron chi connectivity index (χ4n) is 11.2. The second kappa shape index (κ2) is 12.1. The zero-order valence-corrected chi connectivity index (χ0v) is 33.4. The fourth-order valence-corrected chi connectivity index (χ4v) is 11.2. The van der Waals surface area contributed by atoms with Gasteiger partial charge in [-0.15, -0.1) is 0 Å². The molecule has 2 heteroatoms. The predicted octanol–water partition coefficient (Wildman–Crippen LogP) is 15.4. The molecule has 0 radical (unpaired) electrons. The summed E-state index contributed by atoms with van der Waals surface area (Å²) in [5, 5.41) is 2.27. The SMILES string of the molecule is CC1(C)c2ccccc2-c2ccc(N(c3cccc(-c4ccc5oc6ccccc6c5c4)c3)c3ccc4c(c3)C3(c5ccccc5-c5ccccc53)c3ccccc3-4)cc21. The van der Waals surface area contributed by atoms with Crippen LogP contribution < -0.4 is 4.90 Å². The summed E-state index contributed by atoms with van der Waals surface area (Å²) in [6.07, 6.45) is 0. The summed E-state index contributed by atoms with van der Waals surface area (Å²) < 4.78 is 6.23. The van der Waals surface area contributed by atoms with Gasteiger partial charge < -0.3 is 9.32 Å². The van der Waals surface area contributed by atoms with E-state index in [1.165, 1.54) is 66.8 Å². The molecule has 0 atom stereocenters. The van der Waals surface area contributed by atoms with E-state index >= 15 is 0 Å². The van der Waals surface area contributed by atoms with Gasteiger partial charge in [0.15, 0.2) is 0 Å². The molecule has 10 aromatic rings. The van der Waals surface area contributed by atoms with Crippen LogP contribution in [0.4, 0.5) is 17.1 Å². The number of anilines is 3. The van der Waals surface area contributed by atoms with Crippen LogP contribution in [-0.2, 0) is 10.8 Å². The van der Waals surface area contributed by atoms with Crippen LogP contribution in [-0.4, -0.2) is 0 Å². The van der Waals surface area contributed by atoms with Crippen molar-refractivity contribution >= 4 is 39.0 Å². The maximum Gasteiger partial charge on any atom is 0.135 e. The maximum atomic E-state index is 6.23. The van der Waals surface area contributed by atoms with E-state index in [2.05, 4.69) is 207 Å². The molecule has 1 aromatic heterocycles. The number of benzene rings is 9. The molecule has 282 valence electrons. The van der Waals surface area contributed by atoms with Gasteiger partial charge in [0.2, 0.25) is 0 Å². The number of fused-ring (bicyclic) bond motifs is 16. The molecule has 1 spiro atoms. The Kier molecular flexibility index (Phi) is 6.74. The number of hydrogen-bond donors (Lipinski definition) is 0. The Labute approximate surface area is 349 Å². The Bertz CT molecular complexity index is 3370. The van der Waals surface area contributed by atoms with E-state index in [0.29, 0.717) is 0 Å². The van der Waals surface area contributed by atoms with Gasteiger partial charge in [-0.05, 0) is 132 Å². The minimum atomic E-state index is -0.438. The quantitative estimate of drug-likeness (QED) is 0.177. The van der Waals surface area contributed by atoms with E-state index in [4.69, 9.17) is 4.42 Å². The first-order valence-electron chi connectivity index (χ1n) is 21.0. The number of furan rings is 1. The van der Waals surface area contributed by atoms with E-state index in [9.17, 15) is 0 Å². The molecule has 0 aliphatic heterocycles. The normalized spacial score (nSPS) is 14.4. The van der Waals surface area contributed by atoms with Crippen LogP contribution in [0.2, 0.25) is 0 Å². The van der Waals surface area contributed by atoms with Gasteiger partial charge in [0.05, 0.1) is 5.41 Å². The van der Waals surface area contributed by atoms with Crippen LogP contribution in [0.1, 0.15) is 47.2 Å². The number of para-hydroxylation sites is 1. The first kappa shape index (κ1) is 33.5. The van der Waals surface area contributed by atoms with Crippen molar-refractivity contribution < 1.29 is 4.42 Å². The van der Waals surface area contributed by atoms with Crippen LogP contribution in [0.5, 0.6) is 0 Å². The van der Waals surface area contributed by atoms with Crippen LogP contribution in [0.25, 0.3) is 66.4 Å². The smallest absolute Gasteiger partial charge is 0.135 e. The molecule has 0 amide bonds. The fraction of sp³-hybridized carbons (Fsp3) is 0.0690. The average Bonchev–Trinajstić information content (AvgIpc) is 3.98. The molecule has 2 nitrogen and oxygen atoms in total. The molecule has 0 fully saturated rings. The Hall–Kier alpha value is -7.42. The van der Waals surface area contributed by atoms with Gasteiger partial charge in [0, 0.05) is 33.2 Å². The molecular weight excluding hydrogens is 727 g/mol. The van der Waals surface area contributed by atoms with Crippen molar-refractivity contribution in [3.8, 4) is 44.5 Å². The minimum Gasteiger partial charge on any atom is -0.456 e. The molecule has 60 heavy (non-hydrogen) atoms. The average molecular weight is 766 g/mol. The lowest BCUT2D eigenvalue weighted by Crippen LogP contribution is -2.26. The van der Waals surface area contributed by atoms with Gasteiger partial charge in [-0.25, -0.2) is 0 Å². The lowest BCUT2D eigenvalue weighted by Gasteiger charge is -2.32. The monoisotopic (exact) mass is 765 g/mol. The summed E-state index contributed by atoms with van der Waals surface area (Å²) in [5.41, 5.74) is 22.9. The molecule has 1 heterocycles. The number of rotatable bonds is 4. The largest absolute Gasteiger partial charge is 0.456 e. The van der Waals surface area contributed by atoms with Crippen molar-refractivity contribution in [1.29, 1.82) is 0 Å². The Morgan fingerprint density at radius 2 is 0.817 bits per heavy atom. The Morgan fingerprint density at radius 1 is 0.333 bits per heavy atom. The van der Waals surface area contributed by atoms with Crippen molar-refractivity contribution in [3.05, 3.63) is 234 Å². The first-order valence-corrected chi connectivity index (χ1v) is 21.0. The summed E-state index contributed by atoms with van der Waals surface area (Å²) in [7, 11) is 0. The van der Waals surface area contributed by atoms with Gasteiger partial charge in [-0.1, -0.05) is 159 Å². The van der Waals surface area contributed by atoms with E-state index in [0.717, 1.165) is 50.1 Å². The van der Waals surface area contributed by atoms with Crippen molar-refractivity contribution in [2.24, 2.45) is 0 Å². The highest BCUT2D eigenvalue weighted by Crippen LogP contribution is 2.63. The molecule has 0 saturated carbocycles. The summed E-state index contributed by atoms with van der Waals surface area (Å²) in [6, 6.07) is 74.4. The third kappa shape index (κ3) is 4.38. The lowest BCUT2D eigenvalue weighted by atomic mass is 9.70. The molecule has 0 bridgehead atoms. The third-order valence-electron chi connectivity index (χ3n) is 13.9. The second-order valence-corrected chi connectivity index (χ2v) is 17.2. The van der Waals surface area contributed by atoms with Gasteiger partial charge in [0.1, 0.15) is 11.2 Å². The molecule has 0 saturated heterocycles. The van der Waals surface area contributed by atoms with E-state index in [1.807, 2.05) is 12.1 Å². The third-order valence-corrected chi connectivity index (χ3v) is 13.9. The number of nitrogens with zero attached hydrogens (tertiary/aromatic N) is 1. The topological polar surface area (TPSA) is 16.4 Å². The molecular formula is C58H39NO. The standard InChI is InChI=1S/C58H39NO/c1-57(2)49-21-8-3-16-41(49)45-29-27-39(34-53(45)57)59(38-15-13-14-36(32-38)37-26-31-56-48(33-37)47-20-7-12-25-55(47)60-56)40-28-30-46-44-19-6-11-24-52(44)58(54(46)35-40)50-22-9-4-17-42(50)43-18-5-10-23-51(43)58/h3-35H,1-2H3. The molecule has 3 aliphatic carbocycles. The van der Waals surface area contributed by atoms with E-state index in [1.54, 1.807) is 0 Å². The zero-order chi connectivity index (χ0) is 39.7. The van der Waals surface area contributed by atoms with E-state index in [-0.39, 0.29) is 5.41 Å². The second-order valence-electron chi connectivity index (χ2n) is 17.2. The van der Waals surface area contributed by atoms with Crippen LogP contribution in [0.15, 0.2) is 205 Å². The van der Waals surface area contributed by atoms with E-state index < -0.39 is 5.41 Å².